The fourth-order valence-corrected chi connectivity index (χ4v) is 15.5. The van der Waals surface area contributed by atoms with Crippen LogP contribution in [-0.2, 0) is 73.5 Å². The summed E-state index contributed by atoms with van der Waals surface area (Å²) in [7, 11) is -9.18. The Balaban J connectivity index is 0.000000129. The van der Waals surface area contributed by atoms with Crippen molar-refractivity contribution in [2.45, 2.75) is 109 Å². The number of aryl methyl sites for hydroxylation is 4. The highest BCUT2D eigenvalue weighted by atomic mass is 35.5. The number of halogens is 3. The zero-order valence-corrected chi connectivity index (χ0v) is 57.5. The Morgan fingerprint density at radius 3 is 1.04 bits per heavy atom. The molecule has 12 aromatic rings. The molecule has 1 aliphatic heterocycles. The van der Waals surface area contributed by atoms with Crippen LogP contribution >= 0.6 is 34.8 Å². The van der Waals surface area contributed by atoms with E-state index in [2.05, 4.69) is 30.2 Å². The second-order valence-electron chi connectivity index (χ2n) is 25.3. The predicted octanol–water partition coefficient (Wildman–Crippen LogP) is 10.4. The Hall–Kier alpha value is -7.78. The third-order valence-electron chi connectivity index (χ3n) is 17.7. The third-order valence-corrected chi connectivity index (χ3v) is 21.5. The number of hydrogen-bond donors (Lipinski definition) is 0. The molecule has 1 saturated heterocycles. The first-order valence-corrected chi connectivity index (χ1v) is 38.8. The molecule has 0 spiro atoms. The van der Waals surface area contributed by atoms with Gasteiger partial charge in [-0.3, -0.25) is 27.4 Å². The van der Waals surface area contributed by atoms with Gasteiger partial charge in [-0.2, -0.15) is 0 Å². The zero-order valence-electron chi connectivity index (χ0n) is 52.8. The van der Waals surface area contributed by atoms with Crippen LogP contribution in [0.2, 0.25) is 15.5 Å². The van der Waals surface area contributed by atoms with Crippen LogP contribution in [-0.4, -0.2) is 131 Å². The maximum Gasteiger partial charge on any atom is 0.329 e. The summed E-state index contributed by atoms with van der Waals surface area (Å²) < 4.78 is 92.3. The molecule has 9 aromatic heterocycles. The second-order valence-corrected chi connectivity index (χ2v) is 33.2. The maximum atomic E-state index is 13.4. The molecular weight excluding hydrogens is 1340 g/mol. The Labute approximate surface area is 562 Å². The van der Waals surface area contributed by atoms with Crippen LogP contribution in [0, 0.1) is 6.92 Å². The van der Waals surface area contributed by atoms with Gasteiger partial charge in [-0.15, -0.1) is 0 Å². The molecule has 22 nitrogen and oxygen atoms in total. The Kier molecular flexibility index (Phi) is 18.3. The monoisotopic (exact) mass is 1400 g/mol. The maximum absolute atomic E-state index is 13.4. The van der Waals surface area contributed by atoms with Crippen LogP contribution in [0.3, 0.4) is 0 Å². The number of aromatic nitrogens is 12. The van der Waals surface area contributed by atoms with Crippen LogP contribution in [0.15, 0.2) is 136 Å². The van der Waals surface area contributed by atoms with Crippen LogP contribution in [0.4, 0.5) is 0 Å². The lowest BCUT2D eigenvalue weighted by atomic mass is 10.2. The lowest BCUT2D eigenvalue weighted by Gasteiger charge is -2.27. The van der Waals surface area contributed by atoms with Gasteiger partial charge in [0.15, 0.2) is 0 Å². The van der Waals surface area contributed by atoms with Gasteiger partial charge < -0.3 is 18.4 Å². The highest BCUT2D eigenvalue weighted by Gasteiger charge is 2.32. The van der Waals surface area contributed by atoms with Crippen molar-refractivity contribution in [1.29, 1.82) is 0 Å². The average molecular weight is 1410 g/mol. The topological polar surface area (TPSA) is 246 Å². The van der Waals surface area contributed by atoms with E-state index in [4.69, 9.17) is 39.5 Å². The zero-order chi connectivity index (χ0) is 66.8. The summed E-state index contributed by atoms with van der Waals surface area (Å²) in [5.41, 5.74) is 14.0. The number of hydrogen-bond acceptors (Lipinski definition) is 13. The van der Waals surface area contributed by atoms with E-state index in [1.165, 1.54) is 18.8 Å². The first-order valence-electron chi connectivity index (χ1n) is 31.5. The summed E-state index contributed by atoms with van der Waals surface area (Å²) in [6, 6.07) is 39.0. The summed E-state index contributed by atoms with van der Waals surface area (Å²) in [5, 5.41) is 1.18. The highest BCUT2D eigenvalue weighted by molar-refractivity contribution is 7.91. The molecule has 0 bridgehead atoms. The molecule has 95 heavy (non-hydrogen) atoms. The predicted molar refractivity (Wildman–Crippen MR) is 374 cm³/mol. The van der Waals surface area contributed by atoms with Gasteiger partial charge in [0.2, 0.25) is 0 Å². The molecule has 498 valence electrons. The van der Waals surface area contributed by atoms with Crippen molar-refractivity contribution < 1.29 is 30.0 Å². The van der Waals surface area contributed by atoms with Gasteiger partial charge in [-0.1, -0.05) is 65.1 Å². The SMILES string of the molecule is CS(=O)(=O)CCCn1c(Cn2c(=O)n(C3CC3)c3ccccc32)cc2nc(Cl)ccc21.CS(=O)(=O)CCCn1c(Cn2c(=O)n(C3COC3)c3ccccc32)cc2nc(Cl)ccc21.Cc1ccc2c(c1)n(Cc1cc3nc(Cl)ccc3n1CCCS(C)(=O)=O)c(=O)n2C1CC1. The molecule has 0 unspecified atom stereocenters. The molecule has 3 aliphatic rings. The van der Waals surface area contributed by atoms with Crippen molar-refractivity contribution in [1.82, 2.24) is 56.1 Å². The minimum Gasteiger partial charge on any atom is -0.377 e. The number of benzene rings is 3. The minimum atomic E-state index is -3.07. The average Bonchev–Trinajstić information content (AvgIpc) is 1.61. The fourth-order valence-electron chi connectivity index (χ4n) is 13.0. The molecule has 3 aromatic carbocycles. The molecule has 15 rings (SSSR count). The number of para-hydroxylation sites is 4. The van der Waals surface area contributed by atoms with Gasteiger partial charge in [0.1, 0.15) is 45.0 Å². The second kappa shape index (κ2) is 26.3. The minimum absolute atomic E-state index is 0.00738. The standard InChI is InChI=1S/C23H25ClN4O3S.C22H23ClN4O4S.C22H23ClN4O3S/c1-15-4-7-20-21(12-15)27(23(29)28(20)16-5-6-16)14-17-13-18-19(8-9-22(24)25-18)26(17)10-3-11-32(2,30)31;1-32(29,30)10-4-9-25-15(11-17-18(25)7-8-21(23)24-17)12-26-19-5-2-3-6-20(19)27(22(26)28)16-13-31-14-16;1-31(29,30)12-4-11-25-16(13-17-18(25)9-10-21(23)24-17)14-26-19-5-2-3-6-20(19)27(22(26)28)15-7-8-15/h4,7-9,12-13,16H,3,5-6,10-11,14H2,1-2H3;2-3,5-8,11,16H,4,9-10,12-14H2,1H3;2-3,5-6,9-10,13,15H,4,7-8,11-12,14H2,1H3. The van der Waals surface area contributed by atoms with E-state index < -0.39 is 29.5 Å². The van der Waals surface area contributed by atoms with E-state index >= 15 is 0 Å². The summed E-state index contributed by atoms with van der Waals surface area (Å²) >= 11 is 18.3. The summed E-state index contributed by atoms with van der Waals surface area (Å²) in [6.45, 7) is 5.72. The lowest BCUT2D eigenvalue weighted by molar-refractivity contribution is -0.0231. The number of nitrogens with zero attached hydrogens (tertiary/aromatic N) is 12. The van der Waals surface area contributed by atoms with Gasteiger partial charge in [-0.05, 0) is 148 Å². The molecule has 0 atom stereocenters. The van der Waals surface area contributed by atoms with E-state index in [1.807, 2.05) is 127 Å². The third kappa shape index (κ3) is 14.2. The first-order chi connectivity index (χ1) is 45.3. The molecule has 2 aliphatic carbocycles. The van der Waals surface area contributed by atoms with Gasteiger partial charge in [0.25, 0.3) is 0 Å². The number of fused-ring (bicyclic) bond motifs is 6. The molecule has 3 fully saturated rings. The van der Waals surface area contributed by atoms with E-state index in [0.717, 1.165) is 115 Å². The summed E-state index contributed by atoms with van der Waals surface area (Å²) in [5.74, 6) is 0.301. The molecule has 0 amide bonds. The van der Waals surface area contributed by atoms with Crippen LogP contribution in [0.25, 0.3) is 66.2 Å². The number of pyridine rings is 3. The van der Waals surface area contributed by atoms with Crippen molar-refractivity contribution in [2.75, 3.05) is 49.2 Å². The number of rotatable bonds is 21. The number of ether oxygens (including phenoxy) is 1. The molecule has 10 heterocycles. The largest absolute Gasteiger partial charge is 0.377 e. The van der Waals surface area contributed by atoms with Crippen LogP contribution < -0.4 is 17.1 Å². The van der Waals surface area contributed by atoms with Crippen molar-refractivity contribution in [2.24, 2.45) is 0 Å². The van der Waals surface area contributed by atoms with E-state index in [-0.39, 0.29) is 52.5 Å². The normalized spacial score (nSPS) is 14.7. The number of imidazole rings is 3. The Morgan fingerprint density at radius 2 is 0.716 bits per heavy atom. The quantitative estimate of drug-likeness (QED) is 0.0608. The highest BCUT2D eigenvalue weighted by Crippen LogP contribution is 2.38. The van der Waals surface area contributed by atoms with Crippen molar-refractivity contribution in [3.8, 4) is 0 Å². The number of sulfone groups is 3. The molecular formula is C67H71Cl3N12O10S3. The fraction of sp³-hybridized carbons (Fsp3) is 0.373. The van der Waals surface area contributed by atoms with E-state index in [1.54, 1.807) is 27.3 Å². The first kappa shape index (κ1) is 65.9. The molecule has 0 N–H and O–H groups in total. The van der Waals surface area contributed by atoms with Crippen LogP contribution in [0.1, 0.15) is 85.7 Å². The van der Waals surface area contributed by atoms with Gasteiger partial charge in [0.05, 0.1) is 122 Å². The van der Waals surface area contributed by atoms with Gasteiger partial charge in [0, 0.05) is 67.6 Å². The summed E-state index contributed by atoms with van der Waals surface area (Å²) in [6.07, 6.45) is 9.28. The Bertz CT molecular complexity index is 5530. The molecule has 2 saturated carbocycles. The lowest BCUT2D eigenvalue weighted by Crippen LogP contribution is -2.38. The Morgan fingerprint density at radius 1 is 0.400 bits per heavy atom. The van der Waals surface area contributed by atoms with Crippen LogP contribution in [0.5, 0.6) is 0 Å². The molecule has 28 heteroatoms. The smallest absolute Gasteiger partial charge is 0.329 e. The van der Waals surface area contributed by atoms with Crippen molar-refractivity contribution >= 4 is 131 Å². The molecule has 0 radical (unpaired) electrons. The summed E-state index contributed by atoms with van der Waals surface area (Å²) in [4.78, 5) is 53.4. The van der Waals surface area contributed by atoms with Crippen molar-refractivity contribution in [3.05, 3.63) is 191 Å². The van der Waals surface area contributed by atoms with E-state index in [0.29, 0.717) is 87.2 Å². The van der Waals surface area contributed by atoms with E-state index in [9.17, 15) is 39.6 Å². The van der Waals surface area contributed by atoms with Gasteiger partial charge in [-0.25, -0.2) is 54.6 Å². The van der Waals surface area contributed by atoms with Gasteiger partial charge >= 0.3 is 17.1 Å². The van der Waals surface area contributed by atoms with Crippen molar-refractivity contribution in [3.63, 3.8) is 0 Å².